The molecule has 0 fully saturated rings. The Labute approximate surface area is 194 Å². The van der Waals surface area contributed by atoms with Crippen LogP contribution < -0.4 is 0 Å². The van der Waals surface area contributed by atoms with Gasteiger partial charge in [-0.25, -0.2) is 0 Å². The van der Waals surface area contributed by atoms with Crippen LogP contribution in [0.5, 0.6) is 0 Å². The molecule has 6 rings (SSSR count). The van der Waals surface area contributed by atoms with E-state index >= 15 is 0 Å². The van der Waals surface area contributed by atoms with Crippen LogP contribution in [-0.4, -0.2) is 5.11 Å². The highest BCUT2D eigenvalue weighted by molar-refractivity contribution is 5.90. The fraction of sp³-hybridized carbons (Fsp3) is 0.0625. The van der Waals surface area contributed by atoms with Gasteiger partial charge in [0.15, 0.2) is 0 Å². The van der Waals surface area contributed by atoms with Crippen molar-refractivity contribution >= 4 is 16.8 Å². The molecule has 0 aliphatic heterocycles. The molecule has 1 unspecified atom stereocenters. The lowest BCUT2D eigenvalue weighted by Crippen LogP contribution is -2.31. The molecule has 5 aromatic carbocycles. The zero-order chi connectivity index (χ0) is 22.3. The monoisotopic (exact) mass is 424 g/mol. The van der Waals surface area contributed by atoms with Crippen LogP contribution >= 0.6 is 0 Å². The van der Waals surface area contributed by atoms with Crippen molar-refractivity contribution in [1.29, 1.82) is 0 Å². The Hall–Kier alpha value is -3.94. The zero-order valence-corrected chi connectivity index (χ0v) is 18.2. The van der Waals surface area contributed by atoms with Crippen LogP contribution in [0.2, 0.25) is 0 Å². The van der Waals surface area contributed by atoms with Gasteiger partial charge in [-0.2, -0.15) is 0 Å². The van der Waals surface area contributed by atoms with Gasteiger partial charge in [0.2, 0.25) is 0 Å². The summed E-state index contributed by atoms with van der Waals surface area (Å²) >= 11 is 0. The number of allylic oxidation sites excluding steroid dienone is 1. The van der Waals surface area contributed by atoms with Crippen molar-refractivity contribution in [3.8, 4) is 0 Å². The molecule has 1 heteroatoms. The first kappa shape index (κ1) is 19.7. The Bertz CT molecular complexity index is 1430. The maximum Gasteiger partial charge on any atom is 0.141 e. The van der Waals surface area contributed by atoms with Crippen LogP contribution in [0.3, 0.4) is 0 Å². The van der Waals surface area contributed by atoms with E-state index in [1.807, 2.05) is 60.7 Å². The highest BCUT2D eigenvalue weighted by Gasteiger charge is 2.39. The molecule has 158 valence electrons. The molecule has 0 saturated carbocycles. The van der Waals surface area contributed by atoms with Gasteiger partial charge in [0, 0.05) is 11.5 Å². The summed E-state index contributed by atoms with van der Waals surface area (Å²) in [5, 5.41) is 15.0. The SMILES string of the molecule is OC(c1ccccc1)(c1ccccc1)c1c(C2C=Cc3ccccc32)ccc2ccccc12. The fourth-order valence-corrected chi connectivity index (χ4v) is 5.29. The quantitative estimate of drug-likeness (QED) is 0.301. The van der Waals surface area contributed by atoms with Gasteiger partial charge < -0.3 is 5.11 Å². The van der Waals surface area contributed by atoms with Crippen LogP contribution in [0.1, 0.15) is 39.3 Å². The molecule has 1 N–H and O–H groups in total. The molecule has 0 radical (unpaired) electrons. The third-order valence-corrected chi connectivity index (χ3v) is 6.84. The summed E-state index contributed by atoms with van der Waals surface area (Å²) in [6, 6.07) is 41.4. The van der Waals surface area contributed by atoms with Crippen molar-refractivity contribution < 1.29 is 5.11 Å². The van der Waals surface area contributed by atoms with Crippen molar-refractivity contribution in [1.82, 2.24) is 0 Å². The van der Waals surface area contributed by atoms with Crippen LogP contribution in [-0.2, 0) is 5.60 Å². The molecule has 0 saturated heterocycles. The fourth-order valence-electron chi connectivity index (χ4n) is 5.29. The minimum absolute atomic E-state index is 0.0831. The standard InChI is InChI=1S/C32H24O/c33-32(25-13-3-1-4-14-25,26-15-5-2-6-16-26)31-28-18-10-8-12-24(28)20-22-30(31)29-21-19-23-11-7-9-17-27(23)29/h1-22,29,33H. The lowest BCUT2D eigenvalue weighted by atomic mass is 9.73. The predicted octanol–water partition coefficient (Wildman–Crippen LogP) is 7.28. The molecular weight excluding hydrogens is 400 g/mol. The maximum absolute atomic E-state index is 12.8. The first-order valence-electron chi connectivity index (χ1n) is 11.4. The van der Waals surface area contributed by atoms with E-state index < -0.39 is 5.60 Å². The first-order chi connectivity index (χ1) is 16.3. The lowest BCUT2D eigenvalue weighted by Gasteiger charge is -2.34. The highest BCUT2D eigenvalue weighted by Crippen LogP contribution is 2.47. The second-order valence-corrected chi connectivity index (χ2v) is 8.66. The van der Waals surface area contributed by atoms with Crippen LogP contribution in [0, 0.1) is 0 Å². The molecule has 33 heavy (non-hydrogen) atoms. The summed E-state index contributed by atoms with van der Waals surface area (Å²) in [4.78, 5) is 0. The minimum atomic E-state index is -1.30. The maximum atomic E-state index is 12.8. The molecule has 0 amide bonds. The second-order valence-electron chi connectivity index (χ2n) is 8.66. The summed E-state index contributed by atoms with van der Waals surface area (Å²) in [6.45, 7) is 0. The molecule has 1 atom stereocenters. The Morgan fingerprint density at radius 1 is 0.545 bits per heavy atom. The van der Waals surface area contributed by atoms with Crippen molar-refractivity contribution in [2.24, 2.45) is 0 Å². The largest absolute Gasteiger partial charge is 0.376 e. The van der Waals surface area contributed by atoms with Gasteiger partial charge in [-0.15, -0.1) is 0 Å². The van der Waals surface area contributed by atoms with Crippen LogP contribution in [0.4, 0.5) is 0 Å². The molecule has 0 spiro atoms. The van der Waals surface area contributed by atoms with E-state index in [2.05, 4.69) is 72.8 Å². The van der Waals surface area contributed by atoms with Gasteiger partial charge in [-0.05, 0) is 38.6 Å². The summed E-state index contributed by atoms with van der Waals surface area (Å²) < 4.78 is 0. The van der Waals surface area contributed by atoms with E-state index in [1.165, 1.54) is 11.1 Å². The number of hydrogen-bond acceptors (Lipinski definition) is 1. The Morgan fingerprint density at radius 2 is 1.15 bits per heavy atom. The number of aliphatic hydroxyl groups is 1. The highest BCUT2D eigenvalue weighted by atomic mass is 16.3. The summed E-state index contributed by atoms with van der Waals surface area (Å²) in [7, 11) is 0. The van der Waals surface area contributed by atoms with Gasteiger partial charge in [-0.3, -0.25) is 0 Å². The molecule has 5 aromatic rings. The van der Waals surface area contributed by atoms with E-state index in [0.717, 1.165) is 33.0 Å². The molecule has 1 nitrogen and oxygen atoms in total. The average molecular weight is 425 g/mol. The van der Waals surface area contributed by atoms with E-state index in [4.69, 9.17) is 0 Å². The minimum Gasteiger partial charge on any atom is -0.376 e. The van der Waals surface area contributed by atoms with Crippen molar-refractivity contribution in [3.05, 3.63) is 161 Å². The zero-order valence-electron chi connectivity index (χ0n) is 18.2. The Kier molecular flexibility index (Phi) is 4.71. The normalized spacial score (nSPS) is 15.0. The lowest BCUT2D eigenvalue weighted by molar-refractivity contribution is 0.126. The molecule has 0 aromatic heterocycles. The Morgan fingerprint density at radius 3 is 1.88 bits per heavy atom. The van der Waals surface area contributed by atoms with Gasteiger partial charge in [0.1, 0.15) is 5.60 Å². The van der Waals surface area contributed by atoms with Crippen molar-refractivity contribution in [2.75, 3.05) is 0 Å². The number of benzene rings is 5. The summed E-state index contributed by atoms with van der Waals surface area (Å²) in [6.07, 6.45) is 4.46. The van der Waals surface area contributed by atoms with Gasteiger partial charge in [-0.1, -0.05) is 133 Å². The van der Waals surface area contributed by atoms with E-state index in [1.54, 1.807) is 0 Å². The van der Waals surface area contributed by atoms with E-state index in [0.29, 0.717) is 0 Å². The number of rotatable bonds is 4. The molecular formula is C32H24O. The number of hydrogen-bond donors (Lipinski definition) is 1. The van der Waals surface area contributed by atoms with Gasteiger partial charge >= 0.3 is 0 Å². The van der Waals surface area contributed by atoms with Gasteiger partial charge in [0.25, 0.3) is 0 Å². The molecule has 1 aliphatic rings. The van der Waals surface area contributed by atoms with E-state index in [9.17, 15) is 5.11 Å². The second kappa shape index (κ2) is 7.88. The van der Waals surface area contributed by atoms with Crippen molar-refractivity contribution in [2.45, 2.75) is 11.5 Å². The van der Waals surface area contributed by atoms with Crippen LogP contribution in [0.15, 0.2) is 127 Å². The van der Waals surface area contributed by atoms with Crippen LogP contribution in [0.25, 0.3) is 16.8 Å². The molecule has 0 heterocycles. The summed E-state index contributed by atoms with van der Waals surface area (Å²) in [5.74, 6) is 0.0831. The van der Waals surface area contributed by atoms with E-state index in [-0.39, 0.29) is 5.92 Å². The Balaban J connectivity index is 1.72. The summed E-state index contributed by atoms with van der Waals surface area (Å²) in [5.41, 5.74) is 5.02. The topological polar surface area (TPSA) is 20.2 Å². The number of fused-ring (bicyclic) bond motifs is 2. The molecule has 1 aliphatic carbocycles. The first-order valence-corrected chi connectivity index (χ1v) is 11.4. The third-order valence-electron chi connectivity index (χ3n) is 6.84. The van der Waals surface area contributed by atoms with Crippen molar-refractivity contribution in [3.63, 3.8) is 0 Å². The average Bonchev–Trinajstić information content (AvgIpc) is 3.33. The third kappa shape index (κ3) is 3.13. The smallest absolute Gasteiger partial charge is 0.141 e. The predicted molar refractivity (Wildman–Crippen MR) is 136 cm³/mol. The van der Waals surface area contributed by atoms with Gasteiger partial charge in [0.05, 0.1) is 0 Å². The molecule has 0 bridgehead atoms.